The van der Waals surface area contributed by atoms with Gasteiger partial charge in [0.2, 0.25) is 0 Å². The minimum Gasteiger partial charge on any atom is -0.327 e. The van der Waals surface area contributed by atoms with Gasteiger partial charge in [0, 0.05) is 6.04 Å². The zero-order valence-electron chi connectivity index (χ0n) is 12.0. The first-order valence-corrected chi connectivity index (χ1v) is 7.46. The minimum absolute atomic E-state index is 0.111. The number of para-hydroxylation sites is 1. The molecule has 0 saturated heterocycles. The van der Waals surface area contributed by atoms with Crippen LogP contribution in [0.5, 0.6) is 0 Å². The van der Waals surface area contributed by atoms with E-state index < -0.39 is 0 Å². The van der Waals surface area contributed by atoms with E-state index in [1.165, 1.54) is 0 Å². The average Bonchev–Trinajstić information content (AvgIpc) is 2.66. The molecule has 3 nitrogen and oxygen atoms in total. The maximum absolute atomic E-state index is 6.38. The third-order valence-corrected chi connectivity index (χ3v) is 4.34. The van der Waals surface area contributed by atoms with Crippen molar-refractivity contribution in [3.05, 3.63) is 45.2 Å². The Morgan fingerprint density at radius 1 is 1.30 bits per heavy atom. The van der Waals surface area contributed by atoms with Gasteiger partial charge in [-0.25, -0.2) is 4.68 Å². The van der Waals surface area contributed by atoms with Crippen molar-refractivity contribution < 1.29 is 0 Å². The third-order valence-electron chi connectivity index (χ3n) is 3.49. The number of aromatic nitrogens is 2. The fourth-order valence-corrected chi connectivity index (χ4v) is 2.62. The van der Waals surface area contributed by atoms with Crippen LogP contribution in [0.2, 0.25) is 10.0 Å². The second kappa shape index (κ2) is 6.17. The predicted octanol–water partition coefficient (Wildman–Crippen LogP) is 4.08. The molecular weight excluding hydrogens is 293 g/mol. The molecule has 0 spiro atoms. The highest BCUT2D eigenvalue weighted by Gasteiger charge is 2.17. The molecule has 5 heteroatoms. The first-order valence-electron chi connectivity index (χ1n) is 6.70. The first-order chi connectivity index (χ1) is 9.45. The molecule has 2 rings (SSSR count). The molecule has 0 radical (unpaired) electrons. The van der Waals surface area contributed by atoms with E-state index >= 15 is 0 Å². The highest BCUT2D eigenvalue weighted by atomic mass is 35.5. The maximum Gasteiger partial charge on any atom is 0.0868 e. The summed E-state index contributed by atoms with van der Waals surface area (Å²) in [6.07, 6.45) is 1.69. The molecule has 1 aromatic heterocycles. The second-order valence-corrected chi connectivity index (χ2v) is 5.80. The van der Waals surface area contributed by atoms with E-state index in [2.05, 4.69) is 12.0 Å². The third kappa shape index (κ3) is 2.85. The summed E-state index contributed by atoms with van der Waals surface area (Å²) >= 11 is 12.6. The lowest BCUT2D eigenvalue weighted by molar-refractivity contribution is 0.641. The molecule has 2 aromatic rings. The lowest BCUT2D eigenvalue weighted by Crippen LogP contribution is -2.22. The molecule has 1 unspecified atom stereocenters. The molecule has 2 N–H and O–H groups in total. The largest absolute Gasteiger partial charge is 0.327 e. The summed E-state index contributed by atoms with van der Waals surface area (Å²) < 4.78 is 1.82. The monoisotopic (exact) mass is 311 g/mol. The van der Waals surface area contributed by atoms with Crippen LogP contribution >= 0.6 is 23.2 Å². The van der Waals surface area contributed by atoms with E-state index in [4.69, 9.17) is 28.9 Å². The topological polar surface area (TPSA) is 43.8 Å². The van der Waals surface area contributed by atoms with Crippen LogP contribution in [0, 0.1) is 13.8 Å². The highest BCUT2D eigenvalue weighted by molar-refractivity contribution is 6.33. The predicted molar refractivity (Wildman–Crippen MR) is 85.0 cm³/mol. The smallest absolute Gasteiger partial charge is 0.0868 e. The van der Waals surface area contributed by atoms with E-state index in [9.17, 15) is 0 Å². The molecular formula is C15H19Cl2N3. The maximum atomic E-state index is 6.38. The molecule has 20 heavy (non-hydrogen) atoms. The Morgan fingerprint density at radius 2 is 2.00 bits per heavy atom. The number of rotatable bonds is 4. The lowest BCUT2D eigenvalue weighted by Gasteiger charge is -2.16. The van der Waals surface area contributed by atoms with Gasteiger partial charge in [0.25, 0.3) is 0 Å². The van der Waals surface area contributed by atoms with Crippen LogP contribution in [0.3, 0.4) is 0 Å². The summed E-state index contributed by atoms with van der Waals surface area (Å²) in [6, 6.07) is 5.96. The number of hydrogen-bond acceptors (Lipinski definition) is 2. The van der Waals surface area contributed by atoms with E-state index in [0.717, 1.165) is 35.5 Å². The molecule has 0 fully saturated rings. The van der Waals surface area contributed by atoms with E-state index in [-0.39, 0.29) is 6.04 Å². The minimum atomic E-state index is 0.111. The zero-order chi connectivity index (χ0) is 14.9. The quantitative estimate of drug-likeness (QED) is 0.924. The molecule has 0 saturated carbocycles. The van der Waals surface area contributed by atoms with Gasteiger partial charge >= 0.3 is 0 Å². The van der Waals surface area contributed by atoms with Gasteiger partial charge in [0.05, 0.1) is 27.1 Å². The van der Waals surface area contributed by atoms with Gasteiger partial charge in [0.1, 0.15) is 0 Å². The highest BCUT2D eigenvalue weighted by Crippen LogP contribution is 2.30. The molecule has 0 amide bonds. The van der Waals surface area contributed by atoms with E-state index in [0.29, 0.717) is 10.0 Å². The molecule has 1 aromatic carbocycles. The van der Waals surface area contributed by atoms with Crippen LogP contribution in [0.1, 0.15) is 30.3 Å². The molecule has 1 atom stereocenters. The van der Waals surface area contributed by atoms with Crippen LogP contribution in [0.25, 0.3) is 5.69 Å². The fourth-order valence-electron chi connectivity index (χ4n) is 2.23. The Hall–Kier alpha value is -1.03. The molecule has 1 heterocycles. The van der Waals surface area contributed by atoms with Crippen molar-refractivity contribution in [2.24, 2.45) is 5.73 Å². The Balaban J connectivity index is 2.57. The Kier molecular flexibility index (Phi) is 4.74. The number of aryl methyl sites for hydroxylation is 1. The van der Waals surface area contributed by atoms with Crippen molar-refractivity contribution in [2.75, 3.05) is 0 Å². The number of halogens is 2. The van der Waals surface area contributed by atoms with Crippen LogP contribution in [0.15, 0.2) is 18.2 Å². The molecule has 0 aliphatic heterocycles. The number of nitrogens with zero attached hydrogens (tertiary/aromatic N) is 2. The number of benzene rings is 1. The van der Waals surface area contributed by atoms with Crippen LogP contribution in [0.4, 0.5) is 0 Å². The van der Waals surface area contributed by atoms with Gasteiger partial charge < -0.3 is 5.73 Å². The van der Waals surface area contributed by atoms with Gasteiger partial charge in [0.15, 0.2) is 0 Å². The van der Waals surface area contributed by atoms with Gasteiger partial charge in [-0.1, -0.05) is 42.3 Å². The number of hydrogen-bond donors (Lipinski definition) is 1. The van der Waals surface area contributed by atoms with Crippen molar-refractivity contribution in [1.82, 2.24) is 9.78 Å². The fraction of sp³-hybridized carbons (Fsp3) is 0.400. The van der Waals surface area contributed by atoms with Crippen molar-refractivity contribution >= 4 is 23.2 Å². The van der Waals surface area contributed by atoms with Crippen molar-refractivity contribution in [3.63, 3.8) is 0 Å². The van der Waals surface area contributed by atoms with Gasteiger partial charge in [-0.15, -0.1) is 0 Å². The van der Waals surface area contributed by atoms with Crippen LogP contribution in [-0.4, -0.2) is 15.8 Å². The van der Waals surface area contributed by atoms with Gasteiger partial charge in [-0.2, -0.15) is 5.10 Å². The zero-order valence-corrected chi connectivity index (χ0v) is 13.5. The molecule has 108 valence electrons. The average molecular weight is 312 g/mol. The summed E-state index contributed by atoms with van der Waals surface area (Å²) in [5.41, 5.74) is 9.74. The summed E-state index contributed by atoms with van der Waals surface area (Å²) in [6.45, 7) is 5.91. The van der Waals surface area contributed by atoms with E-state index in [1.807, 2.05) is 36.7 Å². The standard InChI is InChI=1S/C15H19Cl2N3/c1-4-12(18)8-11-6-5-7-13(16)15(11)20-10(3)14(17)9(2)19-20/h5-7,12H,4,8,18H2,1-3H3. The van der Waals surface area contributed by atoms with Crippen LogP contribution in [-0.2, 0) is 6.42 Å². The van der Waals surface area contributed by atoms with Gasteiger partial charge in [-0.3, -0.25) is 0 Å². The SMILES string of the molecule is CCC(N)Cc1cccc(Cl)c1-n1nc(C)c(Cl)c1C. The van der Waals surface area contributed by atoms with Crippen molar-refractivity contribution in [1.29, 1.82) is 0 Å². The summed E-state index contributed by atoms with van der Waals surface area (Å²) in [5.74, 6) is 0. The Morgan fingerprint density at radius 3 is 2.55 bits per heavy atom. The molecule has 0 bridgehead atoms. The van der Waals surface area contributed by atoms with Gasteiger partial charge in [-0.05, 0) is 38.3 Å². The summed E-state index contributed by atoms with van der Waals surface area (Å²) in [4.78, 5) is 0. The first kappa shape index (κ1) is 15.4. The summed E-state index contributed by atoms with van der Waals surface area (Å²) in [7, 11) is 0. The van der Waals surface area contributed by atoms with E-state index in [1.54, 1.807) is 0 Å². The van der Waals surface area contributed by atoms with Crippen molar-refractivity contribution in [3.8, 4) is 5.69 Å². The second-order valence-electron chi connectivity index (χ2n) is 5.02. The van der Waals surface area contributed by atoms with Crippen LogP contribution < -0.4 is 5.73 Å². The molecule has 0 aliphatic rings. The lowest BCUT2D eigenvalue weighted by atomic mass is 10.0. The number of nitrogens with two attached hydrogens (primary N) is 1. The normalized spacial score (nSPS) is 12.7. The van der Waals surface area contributed by atoms with Crippen molar-refractivity contribution in [2.45, 2.75) is 39.7 Å². The Labute approximate surface area is 129 Å². The Bertz CT molecular complexity index is 620. The molecule has 0 aliphatic carbocycles. The summed E-state index contributed by atoms with van der Waals surface area (Å²) in [5, 5.41) is 5.83.